The highest BCUT2D eigenvalue weighted by atomic mass is 16.3. The Morgan fingerprint density at radius 2 is 2.39 bits per heavy atom. The second kappa shape index (κ2) is 7.10. The van der Waals surface area contributed by atoms with Crippen LogP contribution in [0.15, 0.2) is 18.2 Å². The number of hydrogen-bond donors (Lipinski definition) is 3. The van der Waals surface area contributed by atoms with Crippen LogP contribution >= 0.6 is 0 Å². The van der Waals surface area contributed by atoms with Gasteiger partial charge in [-0.25, -0.2) is 4.98 Å². The Balaban J connectivity index is 1.45. The van der Waals surface area contributed by atoms with Crippen LogP contribution in [-0.2, 0) is 11.2 Å². The number of aliphatic hydroxyl groups excluding tert-OH is 1. The Kier molecular flexibility index (Phi) is 4.93. The minimum Gasteiger partial charge on any atom is -0.392 e. The monoisotopic (exact) mass is 316 g/mol. The number of nitrogens with one attached hydrogen (secondary N) is 2. The Morgan fingerprint density at radius 3 is 3.22 bits per heavy atom. The van der Waals surface area contributed by atoms with E-state index in [1.807, 2.05) is 17.0 Å². The minimum absolute atomic E-state index is 0.00561. The zero-order chi connectivity index (χ0) is 16.2. The van der Waals surface area contributed by atoms with Crippen LogP contribution in [0, 0.1) is 6.92 Å². The summed E-state index contributed by atoms with van der Waals surface area (Å²) in [4.78, 5) is 21.8. The summed E-state index contributed by atoms with van der Waals surface area (Å²) < 4.78 is 0. The fourth-order valence-electron chi connectivity index (χ4n) is 3.05. The number of aromatic nitrogens is 2. The summed E-state index contributed by atoms with van der Waals surface area (Å²) in [6.07, 6.45) is 2.18. The lowest BCUT2D eigenvalue weighted by Gasteiger charge is -2.29. The number of aliphatic hydroxyl groups is 1. The quantitative estimate of drug-likeness (QED) is 0.768. The fourth-order valence-corrected chi connectivity index (χ4v) is 3.05. The van der Waals surface area contributed by atoms with E-state index in [9.17, 15) is 9.90 Å². The number of aromatic amines is 1. The highest BCUT2D eigenvalue weighted by Gasteiger charge is 2.19. The van der Waals surface area contributed by atoms with Crippen molar-refractivity contribution in [3.63, 3.8) is 0 Å². The van der Waals surface area contributed by atoms with E-state index in [0.29, 0.717) is 26.1 Å². The number of carbonyl (C=O) groups is 1. The maximum Gasteiger partial charge on any atom is 0.234 e. The zero-order valence-corrected chi connectivity index (χ0v) is 13.5. The molecule has 2 aromatic rings. The van der Waals surface area contributed by atoms with Gasteiger partial charge >= 0.3 is 0 Å². The van der Waals surface area contributed by atoms with Crippen molar-refractivity contribution in [2.45, 2.75) is 32.3 Å². The van der Waals surface area contributed by atoms with Gasteiger partial charge in [-0.15, -0.1) is 0 Å². The highest BCUT2D eigenvalue weighted by molar-refractivity contribution is 5.78. The molecular weight excluding hydrogens is 292 g/mol. The third-order valence-corrected chi connectivity index (χ3v) is 4.22. The van der Waals surface area contributed by atoms with E-state index in [2.05, 4.69) is 28.3 Å². The van der Waals surface area contributed by atoms with Crippen molar-refractivity contribution in [3.05, 3.63) is 29.6 Å². The Morgan fingerprint density at radius 1 is 1.52 bits per heavy atom. The average Bonchev–Trinajstić information content (AvgIpc) is 2.89. The molecule has 1 aromatic heterocycles. The molecule has 6 heteroatoms. The molecule has 1 aliphatic heterocycles. The van der Waals surface area contributed by atoms with Gasteiger partial charge in [-0.3, -0.25) is 9.69 Å². The predicted molar refractivity (Wildman–Crippen MR) is 89.2 cm³/mol. The summed E-state index contributed by atoms with van der Waals surface area (Å²) in [5, 5.41) is 12.5. The number of imidazole rings is 1. The Labute approximate surface area is 135 Å². The van der Waals surface area contributed by atoms with Crippen molar-refractivity contribution in [3.8, 4) is 0 Å². The molecule has 0 aliphatic carbocycles. The van der Waals surface area contributed by atoms with Gasteiger partial charge in [-0.2, -0.15) is 0 Å². The number of fused-ring (bicyclic) bond motifs is 1. The number of β-amino-alcohol motifs (C(OH)–C–C–N with tert-alkyl or cyclic N) is 1. The smallest absolute Gasteiger partial charge is 0.234 e. The topological polar surface area (TPSA) is 81.2 Å². The van der Waals surface area contributed by atoms with Crippen molar-refractivity contribution in [2.24, 2.45) is 0 Å². The molecule has 6 nitrogen and oxygen atoms in total. The highest BCUT2D eigenvalue weighted by Crippen LogP contribution is 2.13. The third-order valence-electron chi connectivity index (χ3n) is 4.22. The maximum absolute atomic E-state index is 12.0. The van der Waals surface area contributed by atoms with Gasteiger partial charge in [0.1, 0.15) is 5.82 Å². The first-order valence-corrected chi connectivity index (χ1v) is 8.22. The molecule has 2 heterocycles. The van der Waals surface area contributed by atoms with Crippen LogP contribution in [0.2, 0.25) is 0 Å². The molecule has 23 heavy (non-hydrogen) atoms. The number of aryl methyl sites for hydroxylation is 1. The Hall–Kier alpha value is -1.92. The molecule has 1 aromatic carbocycles. The number of H-pyrrole nitrogens is 1. The lowest BCUT2D eigenvalue weighted by atomic mass is 10.1. The SMILES string of the molecule is Cc1ccc2nc(CCNC(=O)CN3CCC[C@@H](O)C3)[nH]c2c1. The second-order valence-electron chi connectivity index (χ2n) is 6.34. The summed E-state index contributed by atoms with van der Waals surface area (Å²) in [5.41, 5.74) is 3.19. The van der Waals surface area contributed by atoms with Crippen LogP contribution in [0.3, 0.4) is 0 Å². The summed E-state index contributed by atoms with van der Waals surface area (Å²) in [6, 6.07) is 6.12. The fraction of sp³-hybridized carbons (Fsp3) is 0.529. The molecule has 1 amide bonds. The van der Waals surface area contributed by atoms with E-state index in [1.54, 1.807) is 0 Å². The molecule has 0 spiro atoms. The molecule has 1 aliphatic rings. The van der Waals surface area contributed by atoms with Gasteiger partial charge < -0.3 is 15.4 Å². The van der Waals surface area contributed by atoms with Gasteiger partial charge in [0.15, 0.2) is 0 Å². The summed E-state index contributed by atoms with van der Waals surface area (Å²) in [5.74, 6) is 0.894. The normalized spacial score (nSPS) is 19.1. The average molecular weight is 316 g/mol. The summed E-state index contributed by atoms with van der Waals surface area (Å²) in [7, 11) is 0. The van der Waals surface area contributed by atoms with Gasteiger partial charge in [0.2, 0.25) is 5.91 Å². The number of rotatable bonds is 5. The largest absolute Gasteiger partial charge is 0.392 e. The molecule has 1 fully saturated rings. The van der Waals surface area contributed by atoms with E-state index in [-0.39, 0.29) is 12.0 Å². The number of piperidine rings is 1. The number of likely N-dealkylation sites (tertiary alicyclic amines) is 1. The van der Waals surface area contributed by atoms with Crippen LogP contribution in [0.1, 0.15) is 24.2 Å². The number of benzene rings is 1. The standard InChI is InChI=1S/C17H24N4O2/c1-12-4-5-14-15(9-12)20-16(19-14)6-7-18-17(23)11-21-8-2-3-13(22)10-21/h4-5,9,13,22H,2-3,6-8,10-11H2,1H3,(H,18,23)(H,19,20)/t13-/m1/s1. The molecule has 3 rings (SSSR count). The zero-order valence-electron chi connectivity index (χ0n) is 13.5. The molecule has 0 radical (unpaired) electrons. The number of hydrogen-bond acceptors (Lipinski definition) is 4. The number of amides is 1. The molecule has 1 atom stereocenters. The van der Waals surface area contributed by atoms with E-state index in [4.69, 9.17) is 0 Å². The van der Waals surface area contributed by atoms with Gasteiger partial charge in [-0.1, -0.05) is 6.07 Å². The molecule has 0 bridgehead atoms. The number of carbonyl (C=O) groups excluding carboxylic acids is 1. The maximum atomic E-state index is 12.0. The minimum atomic E-state index is -0.296. The van der Waals surface area contributed by atoms with Crippen molar-refractivity contribution < 1.29 is 9.90 Å². The van der Waals surface area contributed by atoms with Crippen molar-refractivity contribution in [1.29, 1.82) is 0 Å². The van der Waals surface area contributed by atoms with Crippen molar-refractivity contribution >= 4 is 16.9 Å². The molecular formula is C17H24N4O2. The van der Waals surface area contributed by atoms with Crippen LogP contribution in [-0.4, -0.2) is 58.2 Å². The molecule has 0 unspecified atom stereocenters. The van der Waals surface area contributed by atoms with Gasteiger partial charge in [0.25, 0.3) is 0 Å². The molecule has 124 valence electrons. The van der Waals surface area contributed by atoms with Crippen LogP contribution < -0.4 is 5.32 Å². The lowest BCUT2D eigenvalue weighted by molar-refractivity contribution is -0.122. The van der Waals surface area contributed by atoms with Crippen molar-refractivity contribution in [2.75, 3.05) is 26.2 Å². The Bertz CT molecular complexity index is 682. The summed E-state index contributed by atoms with van der Waals surface area (Å²) >= 11 is 0. The van der Waals surface area contributed by atoms with Gasteiger partial charge in [0.05, 0.1) is 23.7 Å². The first-order valence-electron chi connectivity index (χ1n) is 8.22. The lowest BCUT2D eigenvalue weighted by Crippen LogP contribution is -2.44. The van der Waals surface area contributed by atoms with E-state index >= 15 is 0 Å². The first-order chi connectivity index (χ1) is 11.1. The van der Waals surface area contributed by atoms with E-state index < -0.39 is 0 Å². The van der Waals surface area contributed by atoms with Crippen LogP contribution in [0.4, 0.5) is 0 Å². The first kappa shape index (κ1) is 16.0. The second-order valence-corrected chi connectivity index (χ2v) is 6.34. The summed E-state index contributed by atoms with van der Waals surface area (Å²) in [6.45, 7) is 4.45. The molecule has 1 saturated heterocycles. The van der Waals surface area contributed by atoms with Gasteiger partial charge in [0, 0.05) is 19.5 Å². The third kappa shape index (κ3) is 4.30. The van der Waals surface area contributed by atoms with E-state index in [0.717, 1.165) is 36.2 Å². The number of nitrogens with zero attached hydrogens (tertiary/aromatic N) is 2. The van der Waals surface area contributed by atoms with Crippen LogP contribution in [0.25, 0.3) is 11.0 Å². The van der Waals surface area contributed by atoms with E-state index in [1.165, 1.54) is 5.56 Å². The van der Waals surface area contributed by atoms with Crippen LogP contribution in [0.5, 0.6) is 0 Å². The van der Waals surface area contributed by atoms with Gasteiger partial charge in [-0.05, 0) is 44.0 Å². The molecule has 0 saturated carbocycles. The predicted octanol–water partition coefficient (Wildman–Crippen LogP) is 0.987. The molecule has 3 N–H and O–H groups in total. The van der Waals surface area contributed by atoms with Crippen molar-refractivity contribution in [1.82, 2.24) is 20.2 Å².